The number of hydrogen-bond donors (Lipinski definition) is 1. The van der Waals surface area contributed by atoms with Gasteiger partial charge in [-0.2, -0.15) is 5.10 Å². The van der Waals surface area contributed by atoms with Crippen LogP contribution >= 0.6 is 0 Å². The molecule has 0 fully saturated rings. The normalized spacial score (nSPS) is 12.9. The van der Waals surface area contributed by atoms with Crippen molar-refractivity contribution in [1.82, 2.24) is 15.1 Å². The zero-order valence-corrected chi connectivity index (χ0v) is 15.5. The smallest absolute Gasteiger partial charge is 0.212 e. The second-order valence-corrected chi connectivity index (χ2v) is 5.56. The molecule has 0 saturated carbocycles. The van der Waals surface area contributed by atoms with Crippen LogP contribution in [0.3, 0.4) is 0 Å². The number of aromatic nitrogens is 2. The molecule has 0 aromatic carbocycles. The highest BCUT2D eigenvalue weighted by Crippen LogP contribution is 2.17. The van der Waals surface area contributed by atoms with E-state index in [4.69, 9.17) is 4.74 Å². The van der Waals surface area contributed by atoms with Gasteiger partial charge in [0.15, 0.2) is 0 Å². The Balaban J connectivity index is 2.99. The highest BCUT2D eigenvalue weighted by Gasteiger charge is 2.10. The van der Waals surface area contributed by atoms with Crippen molar-refractivity contribution in [3.05, 3.63) is 84.7 Å². The van der Waals surface area contributed by atoms with Crippen molar-refractivity contribution in [1.29, 1.82) is 0 Å². The number of hydrogen-bond acceptors (Lipinski definition) is 3. The molecular formula is C21H29N3O. The summed E-state index contributed by atoms with van der Waals surface area (Å²) < 4.78 is 7.85. The van der Waals surface area contributed by atoms with E-state index in [0.717, 1.165) is 22.7 Å². The summed E-state index contributed by atoms with van der Waals surface area (Å²) in [5.74, 6) is 0.750. The topological polar surface area (TPSA) is 39.1 Å². The summed E-state index contributed by atoms with van der Waals surface area (Å²) in [6.45, 7) is 13.4. The van der Waals surface area contributed by atoms with Crippen LogP contribution in [0.1, 0.15) is 19.5 Å². The van der Waals surface area contributed by atoms with Gasteiger partial charge in [0.1, 0.15) is 6.61 Å². The van der Waals surface area contributed by atoms with E-state index in [1.54, 1.807) is 12.2 Å². The number of nitrogens with one attached hydrogen (secondary N) is 1. The van der Waals surface area contributed by atoms with Gasteiger partial charge in [0.05, 0.1) is 12.2 Å². The quantitative estimate of drug-likeness (QED) is 0.609. The van der Waals surface area contributed by atoms with Gasteiger partial charge >= 0.3 is 0 Å². The monoisotopic (exact) mass is 339 g/mol. The zero-order chi connectivity index (χ0) is 18.5. The molecule has 4 heteroatoms. The summed E-state index contributed by atoms with van der Waals surface area (Å²) >= 11 is 0. The van der Waals surface area contributed by atoms with E-state index in [0.29, 0.717) is 19.7 Å². The maximum Gasteiger partial charge on any atom is 0.212 e. The summed E-state index contributed by atoms with van der Waals surface area (Å²) in [6.07, 6.45) is 15.4. The van der Waals surface area contributed by atoms with Crippen molar-refractivity contribution in [3.63, 3.8) is 0 Å². The van der Waals surface area contributed by atoms with Crippen LogP contribution in [0.25, 0.3) is 0 Å². The van der Waals surface area contributed by atoms with Crippen molar-refractivity contribution in [2.75, 3.05) is 13.7 Å². The molecule has 0 aliphatic rings. The Bertz CT molecular complexity index is 675. The maximum atomic E-state index is 5.98. The van der Waals surface area contributed by atoms with E-state index in [1.165, 1.54) is 0 Å². The second kappa shape index (κ2) is 11.9. The van der Waals surface area contributed by atoms with Crippen LogP contribution in [-0.2, 0) is 13.1 Å². The predicted octanol–water partition coefficient (Wildman–Crippen LogP) is 4.36. The first-order valence-electron chi connectivity index (χ1n) is 8.37. The summed E-state index contributed by atoms with van der Waals surface area (Å²) in [5, 5.41) is 7.75. The summed E-state index contributed by atoms with van der Waals surface area (Å²) in [7, 11) is 1.90. The van der Waals surface area contributed by atoms with Crippen molar-refractivity contribution < 1.29 is 4.74 Å². The summed E-state index contributed by atoms with van der Waals surface area (Å²) in [6, 6.07) is 1.97. The van der Waals surface area contributed by atoms with Crippen molar-refractivity contribution >= 4 is 0 Å². The lowest BCUT2D eigenvalue weighted by atomic mass is 10.2. The lowest BCUT2D eigenvalue weighted by Gasteiger charge is -2.10. The van der Waals surface area contributed by atoms with E-state index < -0.39 is 0 Å². The van der Waals surface area contributed by atoms with Gasteiger partial charge in [-0.05, 0) is 32.0 Å². The van der Waals surface area contributed by atoms with Crippen LogP contribution in [-0.4, -0.2) is 23.4 Å². The average Bonchev–Trinajstić information content (AvgIpc) is 2.98. The Labute approximate surface area is 151 Å². The number of rotatable bonds is 11. The minimum absolute atomic E-state index is 0.526. The van der Waals surface area contributed by atoms with Crippen molar-refractivity contribution in [2.45, 2.75) is 26.9 Å². The highest BCUT2D eigenvalue weighted by atomic mass is 16.5. The van der Waals surface area contributed by atoms with Gasteiger partial charge in [0.25, 0.3) is 0 Å². The fraction of sp³-hybridized carbons (Fsp3) is 0.286. The fourth-order valence-corrected chi connectivity index (χ4v) is 2.12. The number of nitrogens with zero attached hydrogens (tertiary/aromatic N) is 2. The first-order chi connectivity index (χ1) is 12.1. The van der Waals surface area contributed by atoms with Gasteiger partial charge < -0.3 is 10.1 Å². The molecule has 4 nitrogen and oxygen atoms in total. The molecular weight excluding hydrogens is 310 g/mol. The third-order valence-corrected chi connectivity index (χ3v) is 3.28. The fourth-order valence-electron chi connectivity index (χ4n) is 2.12. The van der Waals surface area contributed by atoms with E-state index in [1.807, 2.05) is 68.1 Å². The number of ether oxygens (including phenoxy) is 1. The minimum Gasteiger partial charge on any atom is -0.473 e. The molecule has 0 aliphatic heterocycles. The Kier molecular flexibility index (Phi) is 9.71. The molecule has 1 aromatic rings. The Hall–Kier alpha value is -2.59. The standard InChI is InChI=1S/C21H29N3O/c1-6-9-12-18(4)17-25-21-14-20(15-22-5)23-24(21)16-19(11-8-3)13-10-7-2/h6-14,22H,2-3,15-17H2,1,4-5H3/b9-6-,13-10-,18-12+,19-11+. The molecule has 1 aromatic heterocycles. The van der Waals surface area contributed by atoms with Gasteiger partial charge in [-0.1, -0.05) is 61.8 Å². The van der Waals surface area contributed by atoms with Crippen LogP contribution < -0.4 is 10.1 Å². The third-order valence-electron chi connectivity index (χ3n) is 3.28. The van der Waals surface area contributed by atoms with Crippen LogP contribution in [0.5, 0.6) is 5.88 Å². The zero-order valence-electron chi connectivity index (χ0n) is 15.5. The van der Waals surface area contributed by atoms with Crippen molar-refractivity contribution in [3.8, 4) is 5.88 Å². The molecule has 1 rings (SSSR count). The molecule has 0 unspecified atom stereocenters. The third kappa shape index (κ3) is 7.68. The van der Waals surface area contributed by atoms with Gasteiger partial charge in [-0.25, -0.2) is 4.68 Å². The molecule has 0 spiro atoms. The Morgan fingerprint density at radius 3 is 2.72 bits per heavy atom. The lowest BCUT2D eigenvalue weighted by molar-refractivity contribution is 0.315. The van der Waals surface area contributed by atoms with Gasteiger partial charge in [0.2, 0.25) is 5.88 Å². The lowest BCUT2D eigenvalue weighted by Crippen LogP contribution is -2.09. The SMILES string of the molecule is C=C/C=C\C(=C/C=C)Cn1nc(CNC)cc1OC/C(C)=C/C=C\C. The van der Waals surface area contributed by atoms with Gasteiger partial charge in [0, 0.05) is 12.6 Å². The minimum atomic E-state index is 0.526. The largest absolute Gasteiger partial charge is 0.473 e. The highest BCUT2D eigenvalue weighted by molar-refractivity contribution is 5.27. The first-order valence-corrected chi connectivity index (χ1v) is 8.37. The number of allylic oxidation sites excluding steroid dienone is 9. The predicted molar refractivity (Wildman–Crippen MR) is 107 cm³/mol. The van der Waals surface area contributed by atoms with Crippen LogP contribution in [0, 0.1) is 0 Å². The van der Waals surface area contributed by atoms with Crippen LogP contribution in [0.15, 0.2) is 79.0 Å². The molecule has 25 heavy (non-hydrogen) atoms. The molecule has 0 amide bonds. The first kappa shape index (κ1) is 20.5. The van der Waals surface area contributed by atoms with E-state index in [-0.39, 0.29) is 0 Å². The summed E-state index contributed by atoms with van der Waals surface area (Å²) in [4.78, 5) is 0. The second-order valence-electron chi connectivity index (χ2n) is 5.56. The van der Waals surface area contributed by atoms with E-state index >= 15 is 0 Å². The maximum absolute atomic E-state index is 5.98. The molecule has 1 heterocycles. The molecule has 0 saturated heterocycles. The molecule has 0 atom stereocenters. The van der Waals surface area contributed by atoms with Crippen LogP contribution in [0.4, 0.5) is 0 Å². The Morgan fingerprint density at radius 2 is 2.08 bits per heavy atom. The Morgan fingerprint density at radius 1 is 1.28 bits per heavy atom. The van der Waals surface area contributed by atoms with Gasteiger partial charge in [-0.15, -0.1) is 0 Å². The molecule has 1 N–H and O–H groups in total. The molecule has 0 aliphatic carbocycles. The van der Waals surface area contributed by atoms with Gasteiger partial charge in [-0.3, -0.25) is 0 Å². The molecule has 134 valence electrons. The van der Waals surface area contributed by atoms with E-state index in [2.05, 4.69) is 23.6 Å². The summed E-state index contributed by atoms with van der Waals surface area (Å²) in [5.41, 5.74) is 3.16. The average molecular weight is 339 g/mol. The van der Waals surface area contributed by atoms with E-state index in [9.17, 15) is 0 Å². The van der Waals surface area contributed by atoms with Crippen molar-refractivity contribution in [2.24, 2.45) is 0 Å². The molecule has 0 bridgehead atoms. The van der Waals surface area contributed by atoms with Crippen LogP contribution in [0.2, 0.25) is 0 Å². The molecule has 0 radical (unpaired) electrons.